The van der Waals surface area contributed by atoms with Crippen LogP contribution in [-0.4, -0.2) is 28.0 Å². The van der Waals surface area contributed by atoms with Crippen molar-refractivity contribution in [2.45, 2.75) is 32.7 Å². The number of nitrogens with one attached hydrogen (secondary N) is 1. The monoisotopic (exact) mass is 283 g/mol. The van der Waals surface area contributed by atoms with Gasteiger partial charge in [-0.3, -0.25) is 4.98 Å². The van der Waals surface area contributed by atoms with Gasteiger partial charge in [0.05, 0.1) is 0 Å². The molecular weight excluding hydrogens is 262 g/mol. The Bertz CT molecular complexity index is 578. The number of nitrogens with zero attached hydrogens (tertiary/aromatic N) is 4. The molecule has 1 fully saturated rings. The van der Waals surface area contributed by atoms with Crippen LogP contribution in [0, 0.1) is 6.92 Å². The van der Waals surface area contributed by atoms with E-state index in [9.17, 15) is 0 Å². The van der Waals surface area contributed by atoms with Crippen LogP contribution in [0.4, 0.5) is 11.8 Å². The standard InChI is InChI=1S/C16H21N5/c1-13-11-15(21-9-3-2-4-10-21)20-16(19-13)18-12-14-5-7-17-8-6-14/h5-8,11H,2-4,9-10,12H2,1H3,(H,18,19,20). The summed E-state index contributed by atoms with van der Waals surface area (Å²) in [7, 11) is 0. The molecule has 3 rings (SSSR count). The molecule has 3 heterocycles. The molecule has 5 heteroatoms. The maximum absolute atomic E-state index is 4.66. The predicted octanol–water partition coefficient (Wildman–Crippen LogP) is 2.78. The molecule has 1 saturated heterocycles. The Hall–Kier alpha value is -2.17. The first-order valence-corrected chi connectivity index (χ1v) is 7.55. The normalized spacial score (nSPS) is 15.0. The molecule has 1 aliphatic heterocycles. The number of rotatable bonds is 4. The fraction of sp³-hybridized carbons (Fsp3) is 0.438. The van der Waals surface area contributed by atoms with Crippen LogP contribution in [0.3, 0.4) is 0 Å². The van der Waals surface area contributed by atoms with Crippen LogP contribution < -0.4 is 10.2 Å². The first-order chi connectivity index (χ1) is 10.3. The number of pyridine rings is 1. The van der Waals surface area contributed by atoms with Gasteiger partial charge in [-0.15, -0.1) is 0 Å². The fourth-order valence-electron chi connectivity index (χ4n) is 2.60. The zero-order valence-electron chi connectivity index (χ0n) is 12.4. The van der Waals surface area contributed by atoms with Crippen LogP contribution in [0.25, 0.3) is 0 Å². The Balaban J connectivity index is 1.71. The van der Waals surface area contributed by atoms with Crippen LogP contribution in [0.1, 0.15) is 30.5 Å². The van der Waals surface area contributed by atoms with Crippen molar-refractivity contribution in [2.75, 3.05) is 23.3 Å². The van der Waals surface area contributed by atoms with E-state index in [1.54, 1.807) is 12.4 Å². The van der Waals surface area contributed by atoms with Crippen LogP contribution in [0.2, 0.25) is 0 Å². The SMILES string of the molecule is Cc1cc(N2CCCCC2)nc(NCc2ccncc2)n1. The van der Waals surface area contributed by atoms with E-state index < -0.39 is 0 Å². The smallest absolute Gasteiger partial charge is 0.225 e. The minimum Gasteiger partial charge on any atom is -0.356 e. The summed E-state index contributed by atoms with van der Waals surface area (Å²) >= 11 is 0. The lowest BCUT2D eigenvalue weighted by Crippen LogP contribution is -2.30. The molecule has 0 aromatic carbocycles. The Morgan fingerprint density at radius 1 is 1.10 bits per heavy atom. The molecule has 0 amide bonds. The highest BCUT2D eigenvalue weighted by atomic mass is 15.2. The van der Waals surface area contributed by atoms with Gasteiger partial charge >= 0.3 is 0 Å². The lowest BCUT2D eigenvalue weighted by atomic mass is 10.1. The third-order valence-corrected chi connectivity index (χ3v) is 3.72. The summed E-state index contributed by atoms with van der Waals surface area (Å²) in [4.78, 5) is 15.5. The summed E-state index contributed by atoms with van der Waals surface area (Å²) < 4.78 is 0. The highest BCUT2D eigenvalue weighted by molar-refractivity contribution is 5.45. The highest BCUT2D eigenvalue weighted by Crippen LogP contribution is 2.19. The summed E-state index contributed by atoms with van der Waals surface area (Å²) in [5.74, 6) is 1.74. The molecule has 0 aliphatic carbocycles. The van der Waals surface area contributed by atoms with E-state index in [2.05, 4.69) is 31.2 Å². The Morgan fingerprint density at radius 3 is 2.62 bits per heavy atom. The van der Waals surface area contributed by atoms with E-state index in [1.165, 1.54) is 24.8 Å². The lowest BCUT2D eigenvalue weighted by molar-refractivity contribution is 0.573. The van der Waals surface area contributed by atoms with Crippen molar-refractivity contribution in [1.82, 2.24) is 15.0 Å². The summed E-state index contributed by atoms with van der Waals surface area (Å²) in [5, 5.41) is 3.30. The summed E-state index contributed by atoms with van der Waals surface area (Å²) in [6, 6.07) is 6.06. The van der Waals surface area contributed by atoms with Gasteiger partial charge in [-0.1, -0.05) is 0 Å². The number of hydrogen-bond donors (Lipinski definition) is 1. The molecule has 21 heavy (non-hydrogen) atoms. The van der Waals surface area contributed by atoms with Crippen LogP contribution in [-0.2, 0) is 6.54 Å². The first kappa shape index (κ1) is 13.8. The minimum atomic E-state index is 0.701. The van der Waals surface area contributed by atoms with Gasteiger partial charge in [-0.2, -0.15) is 4.98 Å². The minimum absolute atomic E-state index is 0.701. The zero-order chi connectivity index (χ0) is 14.5. The van der Waals surface area contributed by atoms with Crippen molar-refractivity contribution in [3.8, 4) is 0 Å². The van der Waals surface area contributed by atoms with Gasteiger partial charge < -0.3 is 10.2 Å². The third kappa shape index (κ3) is 3.68. The fourth-order valence-corrected chi connectivity index (χ4v) is 2.60. The second kappa shape index (κ2) is 6.52. The van der Waals surface area contributed by atoms with Gasteiger partial charge in [0.15, 0.2) is 0 Å². The van der Waals surface area contributed by atoms with Gasteiger partial charge in [0, 0.05) is 43.8 Å². The summed E-state index contributed by atoms with van der Waals surface area (Å²) in [6.45, 7) is 4.93. The van der Waals surface area contributed by atoms with E-state index in [1.807, 2.05) is 19.1 Å². The van der Waals surface area contributed by atoms with E-state index in [-0.39, 0.29) is 0 Å². The van der Waals surface area contributed by atoms with Crippen molar-refractivity contribution in [2.24, 2.45) is 0 Å². The maximum Gasteiger partial charge on any atom is 0.225 e. The summed E-state index contributed by atoms with van der Waals surface area (Å²) in [5.41, 5.74) is 2.18. The van der Waals surface area contributed by atoms with Crippen LogP contribution in [0.5, 0.6) is 0 Å². The van der Waals surface area contributed by atoms with Gasteiger partial charge in [0.25, 0.3) is 0 Å². The molecular formula is C16H21N5. The van der Waals surface area contributed by atoms with Crippen LogP contribution >= 0.6 is 0 Å². The second-order valence-electron chi connectivity index (χ2n) is 5.45. The van der Waals surface area contributed by atoms with Crippen LogP contribution in [0.15, 0.2) is 30.6 Å². The van der Waals surface area contributed by atoms with E-state index in [4.69, 9.17) is 0 Å². The molecule has 1 aliphatic rings. The van der Waals surface area contributed by atoms with E-state index in [0.717, 1.165) is 24.6 Å². The maximum atomic E-state index is 4.66. The molecule has 0 atom stereocenters. The molecule has 5 nitrogen and oxygen atoms in total. The molecule has 2 aromatic rings. The van der Waals surface area contributed by atoms with E-state index >= 15 is 0 Å². The molecule has 1 N–H and O–H groups in total. The first-order valence-electron chi connectivity index (χ1n) is 7.55. The third-order valence-electron chi connectivity index (χ3n) is 3.72. The number of hydrogen-bond acceptors (Lipinski definition) is 5. The van der Waals surface area contributed by atoms with Crippen molar-refractivity contribution in [1.29, 1.82) is 0 Å². The number of aromatic nitrogens is 3. The van der Waals surface area contributed by atoms with Gasteiger partial charge in [0.1, 0.15) is 5.82 Å². The molecule has 0 bridgehead atoms. The molecule has 0 radical (unpaired) electrons. The Labute approximate surface area is 125 Å². The molecule has 2 aromatic heterocycles. The average Bonchev–Trinajstić information content (AvgIpc) is 2.54. The largest absolute Gasteiger partial charge is 0.356 e. The second-order valence-corrected chi connectivity index (χ2v) is 5.45. The van der Waals surface area contributed by atoms with Gasteiger partial charge in [-0.25, -0.2) is 4.98 Å². The van der Waals surface area contributed by atoms with Gasteiger partial charge in [-0.05, 0) is 43.9 Å². The number of piperidine rings is 1. The van der Waals surface area contributed by atoms with Crippen molar-refractivity contribution < 1.29 is 0 Å². The van der Waals surface area contributed by atoms with Gasteiger partial charge in [0.2, 0.25) is 5.95 Å². The molecule has 0 unspecified atom stereocenters. The predicted molar refractivity (Wildman–Crippen MR) is 84.4 cm³/mol. The topological polar surface area (TPSA) is 53.9 Å². The summed E-state index contributed by atoms with van der Waals surface area (Å²) in [6.07, 6.45) is 7.43. The molecule has 0 saturated carbocycles. The van der Waals surface area contributed by atoms with Crippen molar-refractivity contribution in [3.63, 3.8) is 0 Å². The lowest BCUT2D eigenvalue weighted by Gasteiger charge is -2.28. The molecule has 0 spiro atoms. The molecule has 110 valence electrons. The zero-order valence-corrected chi connectivity index (χ0v) is 12.4. The Kier molecular flexibility index (Phi) is 4.28. The number of anilines is 2. The van der Waals surface area contributed by atoms with E-state index in [0.29, 0.717) is 12.5 Å². The average molecular weight is 283 g/mol. The van der Waals surface area contributed by atoms with Crippen molar-refractivity contribution >= 4 is 11.8 Å². The van der Waals surface area contributed by atoms with Crippen molar-refractivity contribution in [3.05, 3.63) is 41.9 Å². The quantitative estimate of drug-likeness (QED) is 0.935. The number of aryl methyl sites for hydroxylation is 1. The Morgan fingerprint density at radius 2 is 1.86 bits per heavy atom. The highest BCUT2D eigenvalue weighted by Gasteiger charge is 2.13.